The number of amides is 2. The summed E-state index contributed by atoms with van der Waals surface area (Å²) in [6.07, 6.45) is 7.88. The van der Waals surface area contributed by atoms with Crippen LogP contribution in [0.4, 0.5) is 16.6 Å². The molecule has 2 bridgehead atoms. The molecule has 3 rings (SSSR count). The molecule has 2 amide bonds. The number of anilines is 2. The maximum absolute atomic E-state index is 12.8. The Morgan fingerprint density at radius 1 is 0.949 bits per heavy atom. The van der Waals surface area contributed by atoms with E-state index in [0.29, 0.717) is 61.9 Å². The van der Waals surface area contributed by atoms with Gasteiger partial charge in [0, 0.05) is 32.0 Å². The zero-order valence-electron chi connectivity index (χ0n) is 22.9. The number of hydrogen-bond acceptors (Lipinski definition) is 9. The second kappa shape index (κ2) is 14.3. The molecule has 0 radical (unpaired) electrons. The zero-order valence-corrected chi connectivity index (χ0v) is 22.9. The molecule has 0 fully saturated rings. The van der Waals surface area contributed by atoms with E-state index in [9.17, 15) is 19.5 Å². The fourth-order valence-electron chi connectivity index (χ4n) is 4.01. The minimum absolute atomic E-state index is 0.0965. The SMILES string of the molecule is CC(C)(C)OC(=O)N[C@H]1CCCCNc2nc(ncc2-c2ccc(C(=O)O)cn2)NCCCCCCNC1=O. The monoisotopic (exact) mass is 541 g/mol. The zero-order chi connectivity index (χ0) is 28.3. The highest BCUT2D eigenvalue weighted by atomic mass is 16.6. The van der Waals surface area contributed by atoms with Gasteiger partial charge in [-0.25, -0.2) is 14.6 Å². The number of aromatic nitrogens is 3. The van der Waals surface area contributed by atoms with E-state index in [2.05, 4.69) is 36.2 Å². The van der Waals surface area contributed by atoms with Crippen molar-refractivity contribution in [2.75, 3.05) is 30.3 Å². The number of nitrogens with one attached hydrogen (secondary N) is 4. The number of alkyl carbamates (subject to hydrolysis) is 1. The Labute approximate surface area is 228 Å². The first-order chi connectivity index (χ1) is 18.6. The normalized spacial score (nSPS) is 17.8. The molecular formula is C27H39N7O5. The molecule has 1 aliphatic heterocycles. The number of pyridine rings is 1. The molecule has 2 aromatic rings. The number of carboxylic acids is 1. The van der Waals surface area contributed by atoms with Crippen molar-refractivity contribution in [1.82, 2.24) is 25.6 Å². The Kier molecular flexibility index (Phi) is 10.8. The molecule has 0 aliphatic carbocycles. The summed E-state index contributed by atoms with van der Waals surface area (Å²) in [6, 6.07) is 2.43. The molecule has 12 nitrogen and oxygen atoms in total. The van der Waals surface area contributed by atoms with Crippen molar-refractivity contribution in [2.24, 2.45) is 0 Å². The van der Waals surface area contributed by atoms with E-state index < -0.39 is 23.7 Å². The lowest BCUT2D eigenvalue weighted by Crippen LogP contribution is -2.48. The first-order valence-corrected chi connectivity index (χ1v) is 13.4. The van der Waals surface area contributed by atoms with Gasteiger partial charge in [0.05, 0.1) is 16.8 Å². The molecule has 0 aromatic carbocycles. The van der Waals surface area contributed by atoms with E-state index in [4.69, 9.17) is 4.74 Å². The highest BCUT2D eigenvalue weighted by Crippen LogP contribution is 2.25. The summed E-state index contributed by atoms with van der Waals surface area (Å²) in [6.45, 7) is 7.15. The van der Waals surface area contributed by atoms with Crippen molar-refractivity contribution in [1.29, 1.82) is 0 Å². The lowest BCUT2D eigenvalue weighted by Gasteiger charge is -2.23. The predicted octanol–water partition coefficient (Wildman–Crippen LogP) is 3.81. The summed E-state index contributed by atoms with van der Waals surface area (Å²) in [5.74, 6) is -0.185. The Morgan fingerprint density at radius 2 is 1.64 bits per heavy atom. The fourth-order valence-corrected chi connectivity index (χ4v) is 4.01. The number of aromatic carboxylic acids is 1. The standard InChI is InChI=1S/C27H39N7O5/c1-27(2,3)39-26(38)33-21-10-6-9-13-28-22-19(20-12-11-18(16-31-20)24(36)37)17-32-25(34-22)30-15-8-5-4-7-14-29-23(21)35/h11-12,16-17,21H,4-10,13-15H2,1-3H3,(H,29,35)(H,33,38)(H,36,37)(H2,28,30,32,34)/t21-/m0/s1. The lowest BCUT2D eigenvalue weighted by molar-refractivity contribution is -0.123. The van der Waals surface area contributed by atoms with Crippen LogP contribution < -0.4 is 21.3 Å². The van der Waals surface area contributed by atoms with Crippen LogP contribution in [0.25, 0.3) is 11.3 Å². The number of hydrogen-bond donors (Lipinski definition) is 5. The van der Waals surface area contributed by atoms with Crippen LogP contribution in [0.5, 0.6) is 0 Å². The first kappa shape index (κ1) is 29.6. The molecule has 0 saturated carbocycles. The molecule has 0 spiro atoms. The topological polar surface area (TPSA) is 167 Å². The molecular weight excluding hydrogens is 502 g/mol. The van der Waals surface area contributed by atoms with Crippen LogP contribution in [0.15, 0.2) is 24.5 Å². The number of fused-ring (bicyclic) bond motifs is 2. The van der Waals surface area contributed by atoms with Gasteiger partial charge >= 0.3 is 12.1 Å². The predicted molar refractivity (Wildman–Crippen MR) is 148 cm³/mol. The van der Waals surface area contributed by atoms with E-state index in [1.54, 1.807) is 33.0 Å². The van der Waals surface area contributed by atoms with Crippen LogP contribution in [0, 0.1) is 0 Å². The van der Waals surface area contributed by atoms with Crippen molar-refractivity contribution in [3.8, 4) is 11.3 Å². The molecule has 39 heavy (non-hydrogen) atoms. The van der Waals surface area contributed by atoms with Gasteiger partial charge in [-0.1, -0.05) is 12.8 Å². The highest BCUT2D eigenvalue weighted by Gasteiger charge is 2.24. The number of carbonyl (C=O) groups excluding carboxylic acids is 2. The fraction of sp³-hybridized carbons (Fsp3) is 0.556. The molecule has 212 valence electrons. The van der Waals surface area contributed by atoms with Crippen LogP contribution >= 0.6 is 0 Å². The van der Waals surface area contributed by atoms with Crippen molar-refractivity contribution >= 4 is 29.7 Å². The van der Waals surface area contributed by atoms with Gasteiger partial charge < -0.3 is 31.1 Å². The van der Waals surface area contributed by atoms with Crippen molar-refractivity contribution < 1.29 is 24.2 Å². The van der Waals surface area contributed by atoms with Gasteiger partial charge in [0.15, 0.2) is 0 Å². The molecule has 0 saturated heterocycles. The van der Waals surface area contributed by atoms with E-state index >= 15 is 0 Å². The van der Waals surface area contributed by atoms with Crippen LogP contribution in [0.1, 0.15) is 76.1 Å². The van der Waals surface area contributed by atoms with E-state index in [0.717, 1.165) is 25.7 Å². The van der Waals surface area contributed by atoms with Gasteiger partial charge in [-0.15, -0.1) is 0 Å². The van der Waals surface area contributed by atoms with Crippen LogP contribution in [-0.4, -0.2) is 69.3 Å². The number of carbonyl (C=O) groups is 3. The number of ether oxygens (including phenoxy) is 1. The third-order valence-corrected chi connectivity index (χ3v) is 5.98. The minimum Gasteiger partial charge on any atom is -0.478 e. The second-order valence-electron chi connectivity index (χ2n) is 10.4. The van der Waals surface area contributed by atoms with Gasteiger partial charge in [-0.3, -0.25) is 9.78 Å². The molecule has 1 atom stereocenters. The molecule has 2 aromatic heterocycles. The van der Waals surface area contributed by atoms with Crippen molar-refractivity contribution in [3.63, 3.8) is 0 Å². The lowest BCUT2D eigenvalue weighted by atomic mass is 10.1. The van der Waals surface area contributed by atoms with Gasteiger partial charge in [-0.05, 0) is 65.0 Å². The average molecular weight is 542 g/mol. The van der Waals surface area contributed by atoms with Crippen LogP contribution in [0.3, 0.4) is 0 Å². The maximum Gasteiger partial charge on any atom is 0.408 e. The van der Waals surface area contributed by atoms with Crippen LogP contribution in [-0.2, 0) is 9.53 Å². The molecule has 5 N–H and O–H groups in total. The summed E-state index contributed by atoms with van der Waals surface area (Å²) in [5, 5.41) is 21.4. The summed E-state index contributed by atoms with van der Waals surface area (Å²) in [5.41, 5.74) is 0.635. The summed E-state index contributed by atoms with van der Waals surface area (Å²) in [7, 11) is 0. The largest absolute Gasteiger partial charge is 0.478 e. The summed E-state index contributed by atoms with van der Waals surface area (Å²) in [4.78, 5) is 49.7. The van der Waals surface area contributed by atoms with Gasteiger partial charge in [-0.2, -0.15) is 4.98 Å². The molecule has 12 heteroatoms. The molecule has 1 aliphatic rings. The molecule has 0 unspecified atom stereocenters. The van der Waals surface area contributed by atoms with Gasteiger partial charge in [0.25, 0.3) is 0 Å². The number of carboxylic acid groups (broad SMARTS) is 1. The second-order valence-corrected chi connectivity index (χ2v) is 10.4. The number of nitrogens with zero attached hydrogens (tertiary/aromatic N) is 3. The molecule has 3 heterocycles. The smallest absolute Gasteiger partial charge is 0.408 e. The van der Waals surface area contributed by atoms with Gasteiger partial charge in [0.1, 0.15) is 17.5 Å². The van der Waals surface area contributed by atoms with E-state index in [-0.39, 0.29) is 11.5 Å². The van der Waals surface area contributed by atoms with E-state index in [1.807, 2.05) is 0 Å². The Bertz CT molecular complexity index is 1120. The first-order valence-electron chi connectivity index (χ1n) is 13.4. The average Bonchev–Trinajstić information content (AvgIpc) is 2.87. The third kappa shape index (κ3) is 10.0. The Balaban J connectivity index is 1.72. The number of rotatable bonds is 3. The van der Waals surface area contributed by atoms with Crippen LogP contribution in [0.2, 0.25) is 0 Å². The van der Waals surface area contributed by atoms with Crippen molar-refractivity contribution in [3.05, 3.63) is 30.1 Å². The minimum atomic E-state index is -1.05. The Hall–Kier alpha value is -3.96. The maximum atomic E-state index is 12.8. The highest BCUT2D eigenvalue weighted by molar-refractivity contribution is 5.88. The third-order valence-electron chi connectivity index (χ3n) is 5.98. The quantitative estimate of drug-likeness (QED) is 0.385. The van der Waals surface area contributed by atoms with E-state index in [1.165, 1.54) is 12.3 Å². The summed E-state index contributed by atoms with van der Waals surface area (Å²) >= 11 is 0. The van der Waals surface area contributed by atoms with Crippen molar-refractivity contribution in [2.45, 2.75) is 77.4 Å². The Morgan fingerprint density at radius 3 is 2.31 bits per heavy atom. The van der Waals surface area contributed by atoms with Gasteiger partial charge in [0.2, 0.25) is 11.9 Å². The summed E-state index contributed by atoms with van der Waals surface area (Å²) < 4.78 is 5.35.